The van der Waals surface area contributed by atoms with Crippen LogP contribution in [0.25, 0.3) is 0 Å². The van der Waals surface area contributed by atoms with Crippen LogP contribution in [0.1, 0.15) is 33.3 Å². The lowest BCUT2D eigenvalue weighted by Crippen LogP contribution is -2.28. The Morgan fingerprint density at radius 2 is 1.84 bits per heavy atom. The van der Waals surface area contributed by atoms with Crippen molar-refractivity contribution >= 4 is 0 Å². The number of likely N-dealkylation sites (N-methyl/N-ethyl adjacent to an activating group) is 1. The van der Waals surface area contributed by atoms with Gasteiger partial charge in [0, 0.05) is 24.7 Å². The third kappa shape index (κ3) is 6.08. The number of nitrogens with one attached hydrogen (secondary N) is 1. The first-order valence-corrected chi connectivity index (χ1v) is 7.33. The molecule has 0 heterocycles. The Kier molecular flexibility index (Phi) is 7.53. The SMILES string of the molecule is CCN(CC)CCOc1ccccc1CNC(C)C. The summed E-state index contributed by atoms with van der Waals surface area (Å²) in [7, 11) is 0. The molecule has 108 valence electrons. The van der Waals surface area contributed by atoms with Crippen LogP contribution in [0.3, 0.4) is 0 Å². The number of rotatable bonds is 9. The zero-order valence-corrected chi connectivity index (χ0v) is 12.8. The zero-order chi connectivity index (χ0) is 14.1. The van der Waals surface area contributed by atoms with E-state index in [4.69, 9.17) is 4.74 Å². The Balaban J connectivity index is 2.48. The molecule has 0 radical (unpaired) electrons. The molecule has 19 heavy (non-hydrogen) atoms. The summed E-state index contributed by atoms with van der Waals surface area (Å²) < 4.78 is 5.92. The predicted molar refractivity (Wildman–Crippen MR) is 81.7 cm³/mol. The molecule has 0 atom stereocenters. The summed E-state index contributed by atoms with van der Waals surface area (Å²) >= 11 is 0. The quantitative estimate of drug-likeness (QED) is 0.742. The van der Waals surface area contributed by atoms with Crippen molar-refractivity contribution in [3.63, 3.8) is 0 Å². The zero-order valence-electron chi connectivity index (χ0n) is 12.8. The summed E-state index contributed by atoms with van der Waals surface area (Å²) in [4.78, 5) is 2.37. The maximum absolute atomic E-state index is 5.92. The molecule has 0 aliphatic heterocycles. The van der Waals surface area contributed by atoms with E-state index in [1.807, 2.05) is 6.07 Å². The van der Waals surface area contributed by atoms with Crippen molar-refractivity contribution in [2.75, 3.05) is 26.2 Å². The van der Waals surface area contributed by atoms with Gasteiger partial charge in [0.2, 0.25) is 0 Å². The van der Waals surface area contributed by atoms with E-state index in [2.05, 4.69) is 56.1 Å². The molecule has 1 N–H and O–H groups in total. The summed E-state index contributed by atoms with van der Waals surface area (Å²) in [5, 5.41) is 3.43. The minimum absolute atomic E-state index is 0.490. The van der Waals surface area contributed by atoms with E-state index in [0.29, 0.717) is 6.04 Å². The molecule has 0 bridgehead atoms. The van der Waals surface area contributed by atoms with Gasteiger partial charge in [-0.25, -0.2) is 0 Å². The summed E-state index contributed by atoms with van der Waals surface area (Å²) in [6.07, 6.45) is 0. The third-order valence-electron chi connectivity index (χ3n) is 3.23. The molecule has 0 aliphatic rings. The highest BCUT2D eigenvalue weighted by atomic mass is 16.5. The monoisotopic (exact) mass is 264 g/mol. The van der Waals surface area contributed by atoms with Crippen molar-refractivity contribution in [3.05, 3.63) is 29.8 Å². The smallest absolute Gasteiger partial charge is 0.123 e. The second-order valence-electron chi connectivity index (χ2n) is 5.02. The van der Waals surface area contributed by atoms with Crippen LogP contribution in [-0.4, -0.2) is 37.2 Å². The topological polar surface area (TPSA) is 24.5 Å². The third-order valence-corrected chi connectivity index (χ3v) is 3.23. The predicted octanol–water partition coefficient (Wildman–Crippen LogP) is 2.91. The Labute approximate surface area is 118 Å². The van der Waals surface area contributed by atoms with Gasteiger partial charge >= 0.3 is 0 Å². The largest absolute Gasteiger partial charge is 0.492 e. The molecule has 0 fully saturated rings. The maximum atomic E-state index is 5.92. The lowest BCUT2D eigenvalue weighted by molar-refractivity contribution is 0.221. The number of hydrogen-bond acceptors (Lipinski definition) is 3. The molecule has 0 saturated carbocycles. The number of benzene rings is 1. The van der Waals surface area contributed by atoms with Crippen molar-refractivity contribution < 1.29 is 4.74 Å². The number of ether oxygens (including phenoxy) is 1. The summed E-state index contributed by atoms with van der Waals surface area (Å²) in [5.41, 5.74) is 1.23. The van der Waals surface area contributed by atoms with Crippen LogP contribution in [0, 0.1) is 0 Å². The van der Waals surface area contributed by atoms with Crippen LogP contribution in [-0.2, 0) is 6.54 Å². The number of nitrogens with zero attached hydrogens (tertiary/aromatic N) is 1. The first-order chi connectivity index (χ1) is 9.17. The van der Waals surface area contributed by atoms with E-state index >= 15 is 0 Å². The van der Waals surface area contributed by atoms with Gasteiger partial charge in [0.15, 0.2) is 0 Å². The molecule has 0 spiro atoms. The van der Waals surface area contributed by atoms with E-state index in [1.165, 1.54) is 5.56 Å². The molecule has 0 aromatic heterocycles. The molecule has 3 nitrogen and oxygen atoms in total. The first kappa shape index (κ1) is 16.0. The molecular formula is C16H28N2O. The molecule has 1 rings (SSSR count). The molecule has 0 amide bonds. The van der Waals surface area contributed by atoms with Gasteiger partial charge in [-0.05, 0) is 19.2 Å². The number of hydrogen-bond donors (Lipinski definition) is 1. The molecule has 1 aromatic rings. The Bertz CT molecular complexity index is 348. The lowest BCUT2D eigenvalue weighted by atomic mass is 10.2. The fraction of sp³-hybridized carbons (Fsp3) is 0.625. The minimum atomic E-state index is 0.490. The Hall–Kier alpha value is -1.06. The van der Waals surface area contributed by atoms with Gasteiger partial charge < -0.3 is 15.0 Å². The minimum Gasteiger partial charge on any atom is -0.492 e. The highest BCUT2D eigenvalue weighted by Crippen LogP contribution is 2.17. The highest BCUT2D eigenvalue weighted by Gasteiger charge is 2.04. The molecule has 0 unspecified atom stereocenters. The van der Waals surface area contributed by atoms with Gasteiger partial charge in [-0.15, -0.1) is 0 Å². The Morgan fingerprint density at radius 3 is 2.47 bits per heavy atom. The van der Waals surface area contributed by atoms with E-state index in [1.54, 1.807) is 0 Å². The molecule has 0 saturated heterocycles. The van der Waals surface area contributed by atoms with Gasteiger partial charge in [-0.1, -0.05) is 45.9 Å². The standard InChI is InChI=1S/C16H28N2O/c1-5-18(6-2)11-12-19-16-10-8-7-9-15(16)13-17-14(3)4/h7-10,14,17H,5-6,11-13H2,1-4H3. The van der Waals surface area contributed by atoms with E-state index < -0.39 is 0 Å². The second kappa shape index (κ2) is 8.94. The fourth-order valence-corrected chi connectivity index (χ4v) is 1.93. The normalized spacial score (nSPS) is 11.3. The van der Waals surface area contributed by atoms with Crippen LogP contribution in [0.15, 0.2) is 24.3 Å². The molecule has 1 aromatic carbocycles. The van der Waals surface area contributed by atoms with Crippen LogP contribution >= 0.6 is 0 Å². The van der Waals surface area contributed by atoms with Gasteiger partial charge in [-0.2, -0.15) is 0 Å². The number of para-hydroxylation sites is 1. The highest BCUT2D eigenvalue weighted by molar-refractivity contribution is 5.33. The average molecular weight is 264 g/mol. The Morgan fingerprint density at radius 1 is 1.16 bits per heavy atom. The van der Waals surface area contributed by atoms with Crippen LogP contribution < -0.4 is 10.1 Å². The van der Waals surface area contributed by atoms with Crippen molar-refractivity contribution in [2.24, 2.45) is 0 Å². The van der Waals surface area contributed by atoms with Crippen molar-refractivity contribution in [2.45, 2.75) is 40.3 Å². The first-order valence-electron chi connectivity index (χ1n) is 7.33. The van der Waals surface area contributed by atoms with E-state index in [9.17, 15) is 0 Å². The van der Waals surface area contributed by atoms with Gasteiger partial charge in [0.25, 0.3) is 0 Å². The van der Waals surface area contributed by atoms with E-state index in [0.717, 1.165) is 38.5 Å². The molecular weight excluding hydrogens is 236 g/mol. The lowest BCUT2D eigenvalue weighted by Gasteiger charge is -2.19. The van der Waals surface area contributed by atoms with Gasteiger partial charge in [0.1, 0.15) is 12.4 Å². The van der Waals surface area contributed by atoms with Crippen molar-refractivity contribution in [1.82, 2.24) is 10.2 Å². The van der Waals surface area contributed by atoms with Crippen LogP contribution in [0.5, 0.6) is 5.75 Å². The van der Waals surface area contributed by atoms with E-state index in [-0.39, 0.29) is 0 Å². The van der Waals surface area contributed by atoms with Gasteiger partial charge in [-0.3, -0.25) is 0 Å². The van der Waals surface area contributed by atoms with Crippen molar-refractivity contribution in [1.29, 1.82) is 0 Å². The summed E-state index contributed by atoms with van der Waals surface area (Å²) in [6.45, 7) is 13.4. The second-order valence-corrected chi connectivity index (χ2v) is 5.02. The van der Waals surface area contributed by atoms with Crippen molar-refractivity contribution in [3.8, 4) is 5.75 Å². The van der Waals surface area contributed by atoms with Gasteiger partial charge in [0.05, 0.1) is 0 Å². The summed E-state index contributed by atoms with van der Waals surface area (Å²) in [6, 6.07) is 8.77. The van der Waals surface area contributed by atoms with Crippen LogP contribution in [0.2, 0.25) is 0 Å². The molecule has 0 aliphatic carbocycles. The summed E-state index contributed by atoms with van der Waals surface area (Å²) in [5.74, 6) is 1.00. The molecule has 3 heteroatoms. The van der Waals surface area contributed by atoms with Crippen LogP contribution in [0.4, 0.5) is 0 Å². The fourth-order valence-electron chi connectivity index (χ4n) is 1.93. The average Bonchev–Trinajstić information content (AvgIpc) is 2.42. The maximum Gasteiger partial charge on any atom is 0.123 e.